The van der Waals surface area contributed by atoms with Crippen molar-refractivity contribution in [2.45, 2.75) is 20.8 Å². The Bertz CT molecular complexity index is 336. The predicted octanol–water partition coefficient (Wildman–Crippen LogP) is 2.93. The molecule has 0 fully saturated rings. The fourth-order valence-corrected chi connectivity index (χ4v) is 1.78. The van der Waals surface area contributed by atoms with E-state index in [4.69, 9.17) is 12.2 Å². The van der Waals surface area contributed by atoms with Crippen molar-refractivity contribution < 1.29 is 4.79 Å². The van der Waals surface area contributed by atoms with Gasteiger partial charge in [-0.25, -0.2) is 0 Å². The van der Waals surface area contributed by atoms with E-state index in [9.17, 15) is 4.79 Å². The monoisotopic (exact) mass is 227 g/mol. The summed E-state index contributed by atoms with van der Waals surface area (Å²) >= 11 is 6.24. The van der Waals surface area contributed by atoms with Crippen LogP contribution in [-0.2, 0) is 4.79 Å². The Morgan fingerprint density at radius 3 is 2.21 bits per heavy atom. The second-order valence-corrected chi connectivity index (χ2v) is 5.60. The molecule has 4 heteroatoms. The molecule has 0 atom stereocenters. The molecule has 0 aliphatic heterocycles. The van der Waals surface area contributed by atoms with Crippen molar-refractivity contribution in [1.29, 1.82) is 0 Å². The second kappa shape index (κ2) is 4.28. The van der Waals surface area contributed by atoms with Gasteiger partial charge in [0.2, 0.25) is 5.12 Å². The van der Waals surface area contributed by atoms with E-state index in [1.165, 1.54) is 0 Å². The molecule has 0 aromatic carbocycles. The van der Waals surface area contributed by atoms with E-state index in [0.717, 1.165) is 11.8 Å². The lowest BCUT2D eigenvalue weighted by molar-refractivity contribution is -0.117. The Balaban J connectivity index is 2.63. The van der Waals surface area contributed by atoms with Crippen LogP contribution < -0.4 is 0 Å². The van der Waals surface area contributed by atoms with E-state index in [-0.39, 0.29) is 10.5 Å². The fourth-order valence-electron chi connectivity index (χ4n) is 0.741. The number of thioether (sulfide) groups is 1. The summed E-state index contributed by atoms with van der Waals surface area (Å²) in [6, 6.07) is 3.77. The minimum absolute atomic E-state index is 0.0937. The van der Waals surface area contributed by atoms with Gasteiger partial charge in [-0.1, -0.05) is 33.0 Å². The molecule has 1 rings (SSSR count). The summed E-state index contributed by atoms with van der Waals surface area (Å²) in [4.78, 5) is 11.6. The van der Waals surface area contributed by atoms with Crippen molar-refractivity contribution in [2.24, 2.45) is 5.41 Å². The fraction of sp³-hybridized carbons (Fsp3) is 0.400. The van der Waals surface area contributed by atoms with Crippen LogP contribution >= 0.6 is 24.0 Å². The largest absolute Gasteiger partial charge is 0.309 e. The predicted molar refractivity (Wildman–Crippen MR) is 64.5 cm³/mol. The highest BCUT2D eigenvalue weighted by Gasteiger charge is 2.23. The lowest BCUT2D eigenvalue weighted by Crippen LogP contribution is -2.19. The summed E-state index contributed by atoms with van der Waals surface area (Å²) in [5.41, 5.74) is -0.345. The molecule has 0 N–H and O–H groups in total. The van der Waals surface area contributed by atoms with E-state index < -0.39 is 0 Å². The molecule has 1 aromatic heterocycles. The number of carbonyl (C=O) groups excluding carboxylic acids is 1. The van der Waals surface area contributed by atoms with Gasteiger partial charge in [0.15, 0.2) is 4.32 Å². The minimum Gasteiger partial charge on any atom is -0.309 e. The van der Waals surface area contributed by atoms with Gasteiger partial charge in [0.1, 0.15) is 0 Å². The number of aromatic nitrogens is 1. The number of nitrogens with zero attached hydrogens (tertiary/aromatic N) is 1. The Labute approximate surface area is 93.7 Å². The maximum atomic E-state index is 11.6. The molecule has 0 aliphatic rings. The smallest absolute Gasteiger partial charge is 0.201 e. The van der Waals surface area contributed by atoms with Gasteiger partial charge < -0.3 is 4.57 Å². The molecule has 0 aliphatic carbocycles. The summed E-state index contributed by atoms with van der Waals surface area (Å²) in [5.74, 6) is 0. The van der Waals surface area contributed by atoms with Crippen molar-refractivity contribution in [3.8, 4) is 0 Å². The molecule has 0 amide bonds. The Morgan fingerprint density at radius 1 is 1.29 bits per heavy atom. The normalized spacial score (nSPS) is 11.4. The van der Waals surface area contributed by atoms with Crippen LogP contribution in [0.2, 0.25) is 0 Å². The molecule has 0 spiro atoms. The molecule has 0 bridgehead atoms. The van der Waals surface area contributed by atoms with E-state index >= 15 is 0 Å². The van der Waals surface area contributed by atoms with Crippen LogP contribution in [-0.4, -0.2) is 14.0 Å². The lowest BCUT2D eigenvalue weighted by atomic mass is 10.00. The van der Waals surface area contributed by atoms with E-state index in [1.54, 1.807) is 4.57 Å². The zero-order valence-electron chi connectivity index (χ0n) is 8.48. The molecular formula is C10H13NOS2. The van der Waals surface area contributed by atoms with Gasteiger partial charge in [-0.15, -0.1) is 0 Å². The highest BCUT2D eigenvalue weighted by atomic mass is 32.2. The number of rotatable bonds is 0. The first-order valence-corrected chi connectivity index (χ1v) is 5.53. The average Bonchev–Trinajstić information content (AvgIpc) is 2.53. The molecule has 0 unspecified atom stereocenters. The maximum absolute atomic E-state index is 11.6. The first kappa shape index (κ1) is 11.5. The molecule has 0 saturated heterocycles. The van der Waals surface area contributed by atoms with Crippen molar-refractivity contribution in [3.63, 3.8) is 0 Å². The van der Waals surface area contributed by atoms with Gasteiger partial charge in [0, 0.05) is 17.8 Å². The summed E-state index contributed by atoms with van der Waals surface area (Å²) in [7, 11) is 0. The molecule has 1 heterocycles. The molecular weight excluding hydrogens is 214 g/mol. The van der Waals surface area contributed by atoms with Crippen LogP contribution in [0.5, 0.6) is 0 Å². The zero-order valence-corrected chi connectivity index (χ0v) is 10.1. The summed E-state index contributed by atoms with van der Waals surface area (Å²) in [6.45, 7) is 5.67. The number of hydrogen-bond acceptors (Lipinski definition) is 3. The second-order valence-electron chi connectivity index (χ2n) is 4.00. The van der Waals surface area contributed by atoms with Crippen LogP contribution in [0.1, 0.15) is 20.8 Å². The standard InChI is InChI=1S/C10H13NOS2/c1-10(2,3)8(12)14-9(13)11-6-4-5-7-11/h4-7H,1-3H3. The summed E-state index contributed by atoms with van der Waals surface area (Å²) < 4.78 is 2.35. The quantitative estimate of drug-likeness (QED) is 0.636. The van der Waals surface area contributed by atoms with Crippen molar-refractivity contribution in [2.75, 3.05) is 0 Å². The van der Waals surface area contributed by atoms with Crippen molar-refractivity contribution >= 4 is 33.4 Å². The van der Waals surface area contributed by atoms with Crippen LogP contribution in [0.3, 0.4) is 0 Å². The molecule has 2 nitrogen and oxygen atoms in total. The third kappa shape index (κ3) is 2.96. The van der Waals surface area contributed by atoms with Gasteiger partial charge >= 0.3 is 0 Å². The van der Waals surface area contributed by atoms with Crippen LogP contribution in [0.25, 0.3) is 0 Å². The highest BCUT2D eigenvalue weighted by Crippen LogP contribution is 2.24. The van der Waals surface area contributed by atoms with Crippen molar-refractivity contribution in [3.05, 3.63) is 24.5 Å². The van der Waals surface area contributed by atoms with E-state index in [0.29, 0.717) is 4.32 Å². The molecule has 0 saturated carbocycles. The lowest BCUT2D eigenvalue weighted by Gasteiger charge is -2.15. The highest BCUT2D eigenvalue weighted by molar-refractivity contribution is 8.32. The van der Waals surface area contributed by atoms with Crippen LogP contribution in [0.4, 0.5) is 0 Å². The van der Waals surface area contributed by atoms with E-state index in [1.807, 2.05) is 45.3 Å². The number of carbonyl (C=O) groups is 1. The molecule has 76 valence electrons. The van der Waals surface area contributed by atoms with Crippen LogP contribution in [0, 0.1) is 5.41 Å². The van der Waals surface area contributed by atoms with Crippen LogP contribution in [0.15, 0.2) is 24.5 Å². The van der Waals surface area contributed by atoms with Gasteiger partial charge in [-0.3, -0.25) is 4.79 Å². The van der Waals surface area contributed by atoms with Gasteiger partial charge in [0.05, 0.1) is 0 Å². The first-order chi connectivity index (χ1) is 6.41. The van der Waals surface area contributed by atoms with Gasteiger partial charge in [-0.2, -0.15) is 0 Å². The van der Waals surface area contributed by atoms with Gasteiger partial charge in [-0.05, 0) is 23.9 Å². The maximum Gasteiger partial charge on any atom is 0.201 e. The SMILES string of the molecule is CC(C)(C)C(=O)SC(=S)n1cccc1. The minimum atomic E-state index is -0.345. The Morgan fingerprint density at radius 2 is 1.79 bits per heavy atom. The zero-order chi connectivity index (χ0) is 10.8. The Hall–Kier alpha value is -0.610. The molecule has 0 radical (unpaired) electrons. The topological polar surface area (TPSA) is 22.0 Å². The van der Waals surface area contributed by atoms with Gasteiger partial charge in [0.25, 0.3) is 0 Å². The summed E-state index contributed by atoms with van der Waals surface area (Å²) in [5, 5.41) is 0.0937. The third-order valence-electron chi connectivity index (χ3n) is 1.61. The summed E-state index contributed by atoms with van der Waals surface area (Å²) in [6.07, 6.45) is 3.68. The van der Waals surface area contributed by atoms with Crippen molar-refractivity contribution in [1.82, 2.24) is 4.57 Å². The first-order valence-electron chi connectivity index (χ1n) is 4.31. The number of thiocarbonyl (C=S) groups is 1. The van der Waals surface area contributed by atoms with E-state index in [2.05, 4.69) is 0 Å². The molecule has 1 aromatic rings. The average molecular weight is 227 g/mol. The third-order valence-corrected chi connectivity index (χ3v) is 3.25. The Kier molecular flexibility index (Phi) is 3.50. The number of hydrogen-bond donors (Lipinski definition) is 0. The molecule has 14 heavy (non-hydrogen) atoms.